The number of nitrogens with two attached hydrogens (primary N) is 1. The monoisotopic (exact) mass is 228 g/mol. The lowest BCUT2D eigenvalue weighted by Crippen LogP contribution is -2.06. The standard InChI is InChI=1S/C13H16N4/c1-13(2)11(12(13)14)10-8-17(16-15-10)9-6-4-3-5-7-9/h3-8,11-12H,14H2,1-2H3/t11-,12-/m0/s1. The lowest BCUT2D eigenvalue weighted by atomic mass is 10.1. The summed E-state index contributed by atoms with van der Waals surface area (Å²) in [6.45, 7) is 4.34. The van der Waals surface area contributed by atoms with Gasteiger partial charge in [0, 0.05) is 12.0 Å². The lowest BCUT2D eigenvalue weighted by molar-refractivity contribution is 0.595. The van der Waals surface area contributed by atoms with Crippen molar-refractivity contribution in [3.05, 3.63) is 42.2 Å². The zero-order valence-corrected chi connectivity index (χ0v) is 10.0. The number of benzene rings is 1. The van der Waals surface area contributed by atoms with E-state index >= 15 is 0 Å². The van der Waals surface area contributed by atoms with E-state index in [0.717, 1.165) is 11.4 Å². The summed E-state index contributed by atoms with van der Waals surface area (Å²) in [6, 6.07) is 10.2. The van der Waals surface area contributed by atoms with E-state index < -0.39 is 0 Å². The Morgan fingerprint density at radius 2 is 1.88 bits per heavy atom. The molecule has 1 aliphatic carbocycles. The fraction of sp³-hybridized carbons (Fsp3) is 0.385. The first kappa shape index (κ1) is 10.5. The normalized spacial score (nSPS) is 25.8. The van der Waals surface area contributed by atoms with E-state index in [1.165, 1.54) is 0 Å². The van der Waals surface area contributed by atoms with Crippen LogP contribution in [-0.4, -0.2) is 21.0 Å². The first-order chi connectivity index (χ1) is 8.10. The average molecular weight is 228 g/mol. The van der Waals surface area contributed by atoms with Crippen molar-refractivity contribution in [3.8, 4) is 5.69 Å². The summed E-state index contributed by atoms with van der Waals surface area (Å²) in [7, 11) is 0. The summed E-state index contributed by atoms with van der Waals surface area (Å²) in [5, 5.41) is 8.39. The Balaban J connectivity index is 1.90. The number of para-hydroxylation sites is 1. The second kappa shape index (κ2) is 3.40. The molecule has 0 saturated heterocycles. The van der Waals surface area contributed by atoms with Crippen molar-refractivity contribution in [3.63, 3.8) is 0 Å². The summed E-state index contributed by atoms with van der Waals surface area (Å²) in [5.41, 5.74) is 8.22. The number of hydrogen-bond acceptors (Lipinski definition) is 3. The maximum Gasteiger partial charge on any atom is 0.0884 e. The van der Waals surface area contributed by atoms with Gasteiger partial charge in [-0.15, -0.1) is 5.10 Å². The summed E-state index contributed by atoms with van der Waals surface area (Å²) in [4.78, 5) is 0. The molecule has 3 rings (SSSR count). The van der Waals surface area contributed by atoms with Crippen LogP contribution in [0.1, 0.15) is 25.5 Å². The van der Waals surface area contributed by atoms with Crippen LogP contribution in [0, 0.1) is 5.41 Å². The lowest BCUT2D eigenvalue weighted by Gasteiger charge is -1.98. The van der Waals surface area contributed by atoms with E-state index in [1.54, 1.807) is 4.68 Å². The molecule has 4 heteroatoms. The fourth-order valence-electron chi connectivity index (χ4n) is 2.37. The molecule has 88 valence electrons. The SMILES string of the molecule is CC1(C)[C@@H](N)[C@@H]1c1cn(-c2ccccc2)nn1. The van der Waals surface area contributed by atoms with E-state index in [0.29, 0.717) is 5.92 Å². The highest BCUT2D eigenvalue weighted by Gasteiger charge is 2.57. The van der Waals surface area contributed by atoms with Crippen LogP contribution in [0.15, 0.2) is 36.5 Å². The third-order valence-electron chi connectivity index (χ3n) is 3.76. The Kier molecular flexibility index (Phi) is 2.10. The smallest absolute Gasteiger partial charge is 0.0884 e. The van der Waals surface area contributed by atoms with Crippen LogP contribution < -0.4 is 5.73 Å². The van der Waals surface area contributed by atoms with Gasteiger partial charge in [-0.05, 0) is 17.5 Å². The molecule has 2 atom stereocenters. The molecule has 1 aromatic carbocycles. The molecular formula is C13H16N4. The molecular weight excluding hydrogens is 212 g/mol. The van der Waals surface area contributed by atoms with Crippen LogP contribution in [-0.2, 0) is 0 Å². The summed E-state index contributed by atoms with van der Waals surface area (Å²) in [6.07, 6.45) is 1.98. The molecule has 1 saturated carbocycles. The highest BCUT2D eigenvalue weighted by Crippen LogP contribution is 2.56. The topological polar surface area (TPSA) is 56.7 Å². The number of aromatic nitrogens is 3. The van der Waals surface area contributed by atoms with Crippen molar-refractivity contribution in [1.82, 2.24) is 15.0 Å². The summed E-state index contributed by atoms with van der Waals surface area (Å²) < 4.78 is 1.80. The molecule has 0 aliphatic heterocycles. The van der Waals surface area contributed by atoms with E-state index in [4.69, 9.17) is 5.73 Å². The van der Waals surface area contributed by atoms with Crippen molar-refractivity contribution in [2.75, 3.05) is 0 Å². The van der Waals surface area contributed by atoms with Gasteiger partial charge in [-0.2, -0.15) is 0 Å². The molecule has 2 N–H and O–H groups in total. The first-order valence-corrected chi connectivity index (χ1v) is 5.84. The largest absolute Gasteiger partial charge is 0.327 e. The fourth-order valence-corrected chi connectivity index (χ4v) is 2.37. The molecule has 1 fully saturated rings. The highest BCUT2D eigenvalue weighted by atomic mass is 15.4. The third-order valence-corrected chi connectivity index (χ3v) is 3.76. The van der Waals surface area contributed by atoms with E-state index in [2.05, 4.69) is 24.2 Å². The van der Waals surface area contributed by atoms with Gasteiger partial charge in [0.05, 0.1) is 17.6 Å². The van der Waals surface area contributed by atoms with Gasteiger partial charge in [0.15, 0.2) is 0 Å². The molecule has 0 amide bonds. The van der Waals surface area contributed by atoms with Crippen molar-refractivity contribution >= 4 is 0 Å². The van der Waals surface area contributed by atoms with Crippen LogP contribution in [0.25, 0.3) is 5.69 Å². The second-order valence-electron chi connectivity index (χ2n) is 5.25. The molecule has 0 unspecified atom stereocenters. The predicted molar refractivity (Wildman–Crippen MR) is 65.9 cm³/mol. The van der Waals surface area contributed by atoms with Gasteiger partial charge in [0.25, 0.3) is 0 Å². The van der Waals surface area contributed by atoms with Crippen molar-refractivity contribution in [1.29, 1.82) is 0 Å². The molecule has 1 aromatic heterocycles. The number of rotatable bonds is 2. The zero-order chi connectivity index (χ0) is 12.0. The Bertz CT molecular complexity index is 529. The van der Waals surface area contributed by atoms with Crippen LogP contribution in [0.3, 0.4) is 0 Å². The van der Waals surface area contributed by atoms with Gasteiger partial charge in [0.1, 0.15) is 0 Å². The van der Waals surface area contributed by atoms with Crippen LogP contribution >= 0.6 is 0 Å². The first-order valence-electron chi connectivity index (χ1n) is 5.84. The molecule has 17 heavy (non-hydrogen) atoms. The number of nitrogens with zero attached hydrogens (tertiary/aromatic N) is 3. The Labute approximate surface area is 100 Å². The van der Waals surface area contributed by atoms with Crippen molar-refractivity contribution < 1.29 is 0 Å². The molecule has 1 aliphatic rings. The third kappa shape index (κ3) is 1.56. The van der Waals surface area contributed by atoms with Gasteiger partial charge in [-0.1, -0.05) is 37.3 Å². The van der Waals surface area contributed by atoms with Crippen molar-refractivity contribution in [2.45, 2.75) is 25.8 Å². The Hall–Kier alpha value is -1.68. The van der Waals surface area contributed by atoms with Gasteiger partial charge < -0.3 is 5.73 Å². The Morgan fingerprint density at radius 1 is 1.24 bits per heavy atom. The number of hydrogen-bond donors (Lipinski definition) is 1. The molecule has 4 nitrogen and oxygen atoms in total. The average Bonchev–Trinajstić information content (AvgIpc) is 2.72. The van der Waals surface area contributed by atoms with Gasteiger partial charge in [-0.25, -0.2) is 4.68 Å². The van der Waals surface area contributed by atoms with Crippen LogP contribution in [0.5, 0.6) is 0 Å². The minimum atomic E-state index is 0.150. The molecule has 0 bridgehead atoms. The molecule has 0 radical (unpaired) electrons. The van der Waals surface area contributed by atoms with Gasteiger partial charge in [-0.3, -0.25) is 0 Å². The van der Waals surface area contributed by atoms with Gasteiger partial charge in [0.2, 0.25) is 0 Å². The summed E-state index contributed by atoms with van der Waals surface area (Å²) in [5.74, 6) is 0.333. The van der Waals surface area contributed by atoms with E-state index in [9.17, 15) is 0 Å². The molecule has 0 spiro atoms. The maximum atomic E-state index is 6.05. The highest BCUT2D eigenvalue weighted by molar-refractivity contribution is 5.33. The Morgan fingerprint density at radius 3 is 2.47 bits per heavy atom. The van der Waals surface area contributed by atoms with Crippen LogP contribution in [0.2, 0.25) is 0 Å². The minimum absolute atomic E-state index is 0.150. The zero-order valence-electron chi connectivity index (χ0n) is 10.0. The second-order valence-corrected chi connectivity index (χ2v) is 5.25. The quantitative estimate of drug-likeness (QED) is 0.851. The maximum absolute atomic E-state index is 6.05. The van der Waals surface area contributed by atoms with E-state index in [1.807, 2.05) is 36.5 Å². The van der Waals surface area contributed by atoms with E-state index in [-0.39, 0.29) is 11.5 Å². The van der Waals surface area contributed by atoms with Gasteiger partial charge >= 0.3 is 0 Å². The minimum Gasteiger partial charge on any atom is -0.327 e. The van der Waals surface area contributed by atoms with Crippen molar-refractivity contribution in [2.24, 2.45) is 11.1 Å². The van der Waals surface area contributed by atoms with Crippen LogP contribution in [0.4, 0.5) is 0 Å². The molecule has 1 heterocycles. The predicted octanol–water partition coefficient (Wildman–Crippen LogP) is 1.72. The molecule has 2 aromatic rings. The summed E-state index contributed by atoms with van der Waals surface area (Å²) >= 11 is 0.